The number of aliphatic carboxylic acids is 1. The van der Waals surface area contributed by atoms with E-state index in [1.807, 2.05) is 12.1 Å². The lowest BCUT2D eigenvalue weighted by atomic mass is 10.0. The molecule has 27 heavy (non-hydrogen) atoms. The van der Waals surface area contributed by atoms with Crippen molar-refractivity contribution in [3.8, 4) is 0 Å². The molecular formula is C20H36N2O2Si3. The summed E-state index contributed by atoms with van der Waals surface area (Å²) in [5.41, 5.74) is 9.35. The highest BCUT2D eigenvalue weighted by molar-refractivity contribution is 7.02. The highest BCUT2D eigenvalue weighted by Gasteiger charge is 2.71. The van der Waals surface area contributed by atoms with E-state index < -0.39 is 40.0 Å². The van der Waals surface area contributed by atoms with E-state index in [2.05, 4.69) is 82.2 Å². The fourth-order valence-corrected chi connectivity index (χ4v) is 25.8. The second-order valence-corrected chi connectivity index (χ2v) is 27.1. The van der Waals surface area contributed by atoms with Gasteiger partial charge in [0.2, 0.25) is 0 Å². The summed E-state index contributed by atoms with van der Waals surface area (Å²) in [5.74, 6) is -0.836. The largest absolute Gasteiger partial charge is 0.480 e. The SMILES string of the molecule is C[Si](C)(C)C(c1c[nH]c2ccccc12)([C@](N)(C(=O)O)[Si](C)(C)C)[Si](C)(C)C. The maximum atomic E-state index is 13.0. The Hall–Kier alpha value is -1.16. The van der Waals surface area contributed by atoms with Crippen LogP contribution in [0.3, 0.4) is 0 Å². The summed E-state index contributed by atoms with van der Waals surface area (Å²) in [6.07, 6.45) is 2.06. The molecule has 0 spiro atoms. The van der Waals surface area contributed by atoms with Crippen LogP contribution in [0, 0.1) is 0 Å². The van der Waals surface area contributed by atoms with Crippen LogP contribution < -0.4 is 5.73 Å². The van der Waals surface area contributed by atoms with Crippen molar-refractivity contribution in [3.05, 3.63) is 36.0 Å². The Labute approximate surface area is 166 Å². The smallest absolute Gasteiger partial charge is 0.320 e. The molecule has 0 amide bonds. The molecule has 0 bridgehead atoms. The normalized spacial score (nSPS) is 16.4. The number of fused-ring (bicyclic) bond motifs is 1. The zero-order valence-corrected chi connectivity index (χ0v) is 21.3. The summed E-state index contributed by atoms with van der Waals surface area (Å²) in [5, 5.41) is 10.5. The van der Waals surface area contributed by atoms with Crippen molar-refractivity contribution in [3.63, 3.8) is 0 Å². The van der Waals surface area contributed by atoms with Crippen molar-refractivity contribution in [2.45, 2.75) is 68.7 Å². The zero-order valence-electron chi connectivity index (χ0n) is 18.3. The molecule has 0 radical (unpaired) electrons. The fraction of sp³-hybridized carbons (Fsp3) is 0.550. The van der Waals surface area contributed by atoms with Gasteiger partial charge in [-0.15, -0.1) is 0 Å². The number of hydrogen-bond donors (Lipinski definition) is 3. The first-order valence-electron chi connectivity index (χ1n) is 9.62. The monoisotopic (exact) mass is 420 g/mol. The van der Waals surface area contributed by atoms with Gasteiger partial charge in [0.05, 0.1) is 24.2 Å². The molecule has 4 N–H and O–H groups in total. The highest BCUT2D eigenvalue weighted by atomic mass is 28.4. The van der Waals surface area contributed by atoms with Crippen LogP contribution in [0.5, 0.6) is 0 Å². The highest BCUT2D eigenvalue weighted by Crippen LogP contribution is 2.53. The first kappa shape index (κ1) is 22.1. The summed E-state index contributed by atoms with van der Waals surface area (Å²) in [7, 11) is -6.60. The number of nitrogens with two attached hydrogens (primary N) is 1. The molecule has 1 aromatic carbocycles. The summed E-state index contributed by atoms with van der Waals surface area (Å²) in [6.45, 7) is 20.2. The molecule has 1 aromatic heterocycles. The van der Waals surface area contributed by atoms with Crippen LogP contribution in [-0.2, 0) is 9.46 Å². The Morgan fingerprint density at radius 1 is 0.926 bits per heavy atom. The Morgan fingerprint density at radius 3 is 1.81 bits per heavy atom. The summed E-state index contributed by atoms with van der Waals surface area (Å²) in [4.78, 5) is 16.4. The summed E-state index contributed by atoms with van der Waals surface area (Å²) < 4.78 is -0.525. The van der Waals surface area contributed by atoms with Crippen molar-refractivity contribution in [2.24, 2.45) is 5.73 Å². The lowest BCUT2D eigenvalue weighted by molar-refractivity contribution is -0.141. The Morgan fingerprint density at radius 2 is 1.41 bits per heavy atom. The van der Waals surface area contributed by atoms with E-state index in [1.165, 1.54) is 0 Å². The van der Waals surface area contributed by atoms with Gasteiger partial charge in [0.25, 0.3) is 0 Å². The van der Waals surface area contributed by atoms with Crippen LogP contribution in [0.2, 0.25) is 58.9 Å². The Balaban J connectivity index is 3.17. The maximum Gasteiger partial charge on any atom is 0.320 e. The molecule has 1 atom stereocenters. The van der Waals surface area contributed by atoms with Crippen LogP contribution in [-0.4, -0.2) is 45.4 Å². The predicted octanol–water partition coefficient (Wildman–Crippen LogP) is 4.82. The van der Waals surface area contributed by atoms with Crippen molar-refractivity contribution in [1.29, 1.82) is 0 Å². The van der Waals surface area contributed by atoms with Crippen LogP contribution >= 0.6 is 0 Å². The number of hydrogen-bond acceptors (Lipinski definition) is 2. The summed E-state index contributed by atoms with van der Waals surface area (Å²) in [6, 6.07) is 8.22. The molecule has 2 rings (SSSR count). The van der Waals surface area contributed by atoms with Crippen LogP contribution in [0.25, 0.3) is 10.9 Å². The minimum absolute atomic E-state index is 0.525. The Kier molecular flexibility index (Phi) is 5.28. The molecule has 2 aromatic rings. The van der Waals surface area contributed by atoms with Crippen LogP contribution in [0.1, 0.15) is 5.56 Å². The maximum absolute atomic E-state index is 13.0. The van der Waals surface area contributed by atoms with E-state index in [4.69, 9.17) is 5.73 Å². The summed E-state index contributed by atoms with van der Waals surface area (Å²) >= 11 is 0. The quantitative estimate of drug-likeness (QED) is 0.586. The van der Waals surface area contributed by atoms with Gasteiger partial charge in [-0.25, -0.2) is 0 Å². The first-order chi connectivity index (χ1) is 12.0. The van der Waals surface area contributed by atoms with Gasteiger partial charge < -0.3 is 15.8 Å². The van der Waals surface area contributed by atoms with Gasteiger partial charge in [0.1, 0.15) is 5.16 Å². The van der Waals surface area contributed by atoms with Gasteiger partial charge in [-0.2, -0.15) is 0 Å². The molecule has 7 heteroatoms. The topological polar surface area (TPSA) is 79.1 Å². The van der Waals surface area contributed by atoms with Crippen molar-refractivity contribution >= 4 is 41.1 Å². The van der Waals surface area contributed by atoms with Gasteiger partial charge in [-0.05, 0) is 11.6 Å². The molecule has 150 valence electrons. The average Bonchev–Trinajstić information content (AvgIpc) is 2.87. The van der Waals surface area contributed by atoms with E-state index >= 15 is 0 Å². The number of H-pyrrole nitrogens is 1. The molecule has 0 fully saturated rings. The second-order valence-electron chi connectivity index (χ2n) is 10.9. The van der Waals surface area contributed by atoms with E-state index in [0.717, 1.165) is 16.5 Å². The molecule has 0 saturated carbocycles. The third-order valence-corrected chi connectivity index (χ3v) is 20.1. The van der Waals surface area contributed by atoms with E-state index in [1.54, 1.807) is 0 Å². The first-order valence-corrected chi connectivity index (χ1v) is 20.1. The molecule has 1 heterocycles. The third kappa shape index (κ3) is 2.90. The number of para-hydroxylation sites is 1. The molecular weight excluding hydrogens is 384 g/mol. The zero-order chi connectivity index (χ0) is 21.1. The number of nitrogens with one attached hydrogen (secondary N) is 1. The van der Waals surface area contributed by atoms with E-state index in [9.17, 15) is 9.90 Å². The van der Waals surface area contributed by atoms with Gasteiger partial charge >= 0.3 is 5.97 Å². The molecule has 0 aliphatic carbocycles. The fourth-order valence-electron chi connectivity index (χ4n) is 5.75. The average molecular weight is 421 g/mol. The van der Waals surface area contributed by atoms with Crippen LogP contribution in [0.15, 0.2) is 30.5 Å². The van der Waals surface area contributed by atoms with Gasteiger partial charge in [0, 0.05) is 21.8 Å². The minimum atomic E-state index is -2.34. The minimum Gasteiger partial charge on any atom is -0.480 e. The number of benzene rings is 1. The molecule has 0 saturated heterocycles. The number of carboxylic acids is 1. The van der Waals surface area contributed by atoms with Crippen molar-refractivity contribution < 1.29 is 9.90 Å². The number of carboxylic acid groups (broad SMARTS) is 1. The lowest BCUT2D eigenvalue weighted by Crippen LogP contribution is -2.86. The van der Waals surface area contributed by atoms with E-state index in [0.29, 0.717) is 0 Å². The lowest BCUT2D eigenvalue weighted by Gasteiger charge is -2.63. The molecule has 0 unspecified atom stereocenters. The van der Waals surface area contributed by atoms with Crippen molar-refractivity contribution in [1.82, 2.24) is 4.98 Å². The standard InChI is InChI=1S/C20H36N2O2Si3/c1-25(2,3)19(21,18(23)24)20(26(4,5)6,27(7,8)9)16-14-22-17-13-11-10-12-15(16)17/h10-14,22H,21H2,1-9H3,(H,23,24)/t19-/m0/s1. The Bertz CT molecular complexity index is 842. The molecule has 0 aliphatic rings. The molecule has 4 nitrogen and oxygen atoms in total. The van der Waals surface area contributed by atoms with Gasteiger partial charge in [0.15, 0.2) is 0 Å². The number of rotatable bonds is 6. The number of aromatic amines is 1. The predicted molar refractivity (Wildman–Crippen MR) is 125 cm³/mol. The van der Waals surface area contributed by atoms with Gasteiger partial charge in [-0.3, -0.25) is 4.79 Å². The second kappa shape index (κ2) is 6.44. The van der Waals surface area contributed by atoms with Gasteiger partial charge in [-0.1, -0.05) is 77.1 Å². The number of aromatic nitrogens is 1. The van der Waals surface area contributed by atoms with Crippen LogP contribution in [0.4, 0.5) is 0 Å². The third-order valence-electron chi connectivity index (χ3n) is 6.36. The molecule has 0 aliphatic heterocycles. The number of carbonyl (C=O) groups is 1. The van der Waals surface area contributed by atoms with E-state index in [-0.39, 0.29) is 0 Å². The van der Waals surface area contributed by atoms with Crippen molar-refractivity contribution in [2.75, 3.05) is 0 Å².